The van der Waals surface area contributed by atoms with Crippen LogP contribution in [0.5, 0.6) is 0 Å². The molecule has 2 atom stereocenters. The number of rotatable bonds is 7. The lowest BCUT2D eigenvalue weighted by Gasteiger charge is -2.49. The van der Waals surface area contributed by atoms with E-state index in [-0.39, 0.29) is 34.2 Å². The minimum Gasteiger partial charge on any atom is -0.477 e. The molecular weight excluding hydrogens is 512 g/mol. The number of hydrogen-bond acceptors (Lipinski definition) is 12. The number of hydrogen-bond donors (Lipinski definition) is 6. The SMILES string of the molecule is Nc1nc(C(=NO)C(=O)N[C@@H]2C(=O)N3C(C(=O)O)=C(C(CC4CNC4)=C4CCNC4=O)CS[C@H]23)ns1. The summed E-state index contributed by atoms with van der Waals surface area (Å²) in [6.07, 6.45) is 1.03. The van der Waals surface area contributed by atoms with Crippen LogP contribution in [0.2, 0.25) is 0 Å². The summed E-state index contributed by atoms with van der Waals surface area (Å²) in [5, 5.41) is 30.1. The number of nitrogens with two attached hydrogens (primary N) is 1. The molecule has 0 aromatic carbocycles. The van der Waals surface area contributed by atoms with Crippen LogP contribution in [0.3, 0.4) is 0 Å². The van der Waals surface area contributed by atoms with E-state index in [1.54, 1.807) is 0 Å². The van der Waals surface area contributed by atoms with E-state index >= 15 is 0 Å². The van der Waals surface area contributed by atoms with Crippen molar-refractivity contribution in [2.45, 2.75) is 24.3 Å². The summed E-state index contributed by atoms with van der Waals surface area (Å²) in [5.74, 6) is -2.69. The highest BCUT2D eigenvalue weighted by Gasteiger charge is 2.55. The number of nitrogens with one attached hydrogen (secondary N) is 3. The van der Waals surface area contributed by atoms with Gasteiger partial charge in [0.15, 0.2) is 5.13 Å². The summed E-state index contributed by atoms with van der Waals surface area (Å²) in [4.78, 5) is 55.6. The van der Waals surface area contributed by atoms with Crippen LogP contribution < -0.4 is 21.7 Å². The topological polar surface area (TPSA) is 212 Å². The number of anilines is 1. The van der Waals surface area contributed by atoms with Crippen LogP contribution in [0.15, 0.2) is 27.6 Å². The van der Waals surface area contributed by atoms with E-state index in [1.165, 1.54) is 11.8 Å². The Kier molecular flexibility index (Phi) is 6.40. The molecule has 4 aliphatic rings. The average molecular weight is 535 g/mol. The highest BCUT2D eigenvalue weighted by Crippen LogP contribution is 2.44. The van der Waals surface area contributed by atoms with Crippen molar-refractivity contribution in [2.24, 2.45) is 11.1 Å². The number of aromatic nitrogens is 2. The van der Waals surface area contributed by atoms with Crippen LogP contribution in [0.25, 0.3) is 0 Å². The van der Waals surface area contributed by atoms with Gasteiger partial charge in [0.25, 0.3) is 11.8 Å². The zero-order valence-electron chi connectivity index (χ0n) is 18.7. The number of oxime groups is 1. The van der Waals surface area contributed by atoms with Crippen LogP contribution in [0.4, 0.5) is 5.13 Å². The number of thioether (sulfide) groups is 1. The highest BCUT2D eigenvalue weighted by atomic mass is 32.2. The van der Waals surface area contributed by atoms with Crippen molar-refractivity contribution in [3.05, 3.63) is 28.2 Å². The fraction of sp³-hybridized carbons (Fsp3) is 0.450. The Hall–Kier alpha value is -3.50. The van der Waals surface area contributed by atoms with Gasteiger partial charge in [-0.15, -0.1) is 11.8 Å². The standard InChI is InChI=1S/C20H22N8O6S2/c21-20-25-14(27-36-20)11(26-34)16(30)24-12-17(31)28-13(19(32)33)10(6-35-18(12)28)9(3-7-4-22-5-7)8-1-2-23-15(8)29/h7,12,18,22,34H,1-6H2,(H,23,29)(H,24,30)(H,32,33)(H2,21,25,27)/t12-,18-/m1/s1. The summed E-state index contributed by atoms with van der Waals surface area (Å²) >= 11 is 2.10. The van der Waals surface area contributed by atoms with Gasteiger partial charge < -0.3 is 32.0 Å². The number of nitrogens with zero attached hydrogens (tertiary/aromatic N) is 4. The van der Waals surface area contributed by atoms with E-state index in [9.17, 15) is 29.5 Å². The van der Waals surface area contributed by atoms with E-state index in [4.69, 9.17) is 5.73 Å². The number of nitrogen functional groups attached to an aromatic ring is 1. The molecule has 5 heterocycles. The predicted molar refractivity (Wildman–Crippen MR) is 128 cm³/mol. The lowest BCUT2D eigenvalue weighted by molar-refractivity contribution is -0.150. The van der Waals surface area contributed by atoms with Crippen LogP contribution in [-0.4, -0.2) is 90.8 Å². The Bertz CT molecular complexity index is 1250. The summed E-state index contributed by atoms with van der Waals surface area (Å²) in [6, 6.07) is -1.05. The highest BCUT2D eigenvalue weighted by molar-refractivity contribution is 8.00. The Morgan fingerprint density at radius 3 is 2.64 bits per heavy atom. The first-order chi connectivity index (χ1) is 17.3. The number of carboxylic acids is 1. The smallest absolute Gasteiger partial charge is 0.352 e. The normalized spacial score (nSPS) is 25.7. The van der Waals surface area contributed by atoms with Gasteiger partial charge in [0.05, 0.1) is 0 Å². The van der Waals surface area contributed by atoms with Crippen molar-refractivity contribution in [3.8, 4) is 0 Å². The van der Waals surface area contributed by atoms with Crippen molar-refractivity contribution in [1.29, 1.82) is 0 Å². The molecule has 190 valence electrons. The molecule has 1 aromatic heterocycles. The average Bonchev–Trinajstić information content (AvgIpc) is 3.44. The molecule has 3 fully saturated rings. The molecule has 3 saturated heterocycles. The van der Waals surface area contributed by atoms with Crippen molar-refractivity contribution in [2.75, 3.05) is 31.1 Å². The fourth-order valence-corrected chi connectivity index (χ4v) is 6.42. The molecule has 4 aliphatic heterocycles. The summed E-state index contributed by atoms with van der Waals surface area (Å²) < 4.78 is 3.83. The third-order valence-electron chi connectivity index (χ3n) is 6.45. The molecule has 3 amide bonds. The Morgan fingerprint density at radius 2 is 2.08 bits per heavy atom. The first-order valence-electron chi connectivity index (χ1n) is 11.0. The van der Waals surface area contributed by atoms with E-state index in [2.05, 4.69) is 30.5 Å². The Balaban J connectivity index is 1.42. The minimum absolute atomic E-state index is 0.0648. The maximum atomic E-state index is 13.1. The van der Waals surface area contributed by atoms with Gasteiger partial charge in [-0.25, -0.2) is 4.79 Å². The first kappa shape index (κ1) is 24.2. The second kappa shape index (κ2) is 9.51. The third kappa shape index (κ3) is 4.10. The summed E-state index contributed by atoms with van der Waals surface area (Å²) in [6.45, 7) is 2.03. The molecule has 1 aromatic rings. The van der Waals surface area contributed by atoms with Gasteiger partial charge >= 0.3 is 5.97 Å². The Labute approximate surface area is 212 Å². The molecule has 16 heteroatoms. The number of carboxylic acid groups (broad SMARTS) is 1. The van der Waals surface area contributed by atoms with Crippen molar-refractivity contribution >= 4 is 57.8 Å². The fourth-order valence-electron chi connectivity index (χ4n) is 4.60. The largest absolute Gasteiger partial charge is 0.477 e. The first-order valence-corrected chi connectivity index (χ1v) is 12.9. The molecule has 0 saturated carbocycles. The van der Waals surface area contributed by atoms with Crippen LogP contribution >= 0.6 is 23.3 Å². The zero-order valence-corrected chi connectivity index (χ0v) is 20.3. The van der Waals surface area contributed by atoms with Gasteiger partial charge in [-0.3, -0.25) is 19.3 Å². The molecular formula is C20H22N8O6S2. The number of fused-ring (bicyclic) bond motifs is 1. The second-order valence-corrected chi connectivity index (χ2v) is 10.5. The van der Waals surface area contributed by atoms with Crippen molar-refractivity contribution in [3.63, 3.8) is 0 Å². The number of allylic oxidation sites excluding steroid dienone is 1. The van der Waals surface area contributed by atoms with E-state index in [0.29, 0.717) is 36.1 Å². The quantitative estimate of drug-likeness (QED) is 0.0775. The number of carbonyl (C=O) groups excluding carboxylic acids is 3. The molecule has 0 aliphatic carbocycles. The number of amides is 3. The van der Waals surface area contributed by atoms with Gasteiger partial charge in [0.1, 0.15) is 17.1 Å². The number of aliphatic carboxylic acids is 1. The van der Waals surface area contributed by atoms with E-state index in [0.717, 1.165) is 29.5 Å². The van der Waals surface area contributed by atoms with Crippen LogP contribution in [0, 0.1) is 5.92 Å². The van der Waals surface area contributed by atoms with E-state index in [1.807, 2.05) is 0 Å². The zero-order chi connectivity index (χ0) is 25.6. The van der Waals surface area contributed by atoms with Gasteiger partial charge in [0, 0.05) is 29.4 Å². The molecule has 7 N–H and O–H groups in total. The van der Waals surface area contributed by atoms with Crippen LogP contribution in [-0.2, 0) is 19.2 Å². The van der Waals surface area contributed by atoms with Crippen LogP contribution in [0.1, 0.15) is 18.7 Å². The maximum Gasteiger partial charge on any atom is 0.352 e. The summed E-state index contributed by atoms with van der Waals surface area (Å²) in [5.41, 5.74) is 6.53. The lowest BCUT2D eigenvalue weighted by Crippen LogP contribution is -2.71. The number of β-lactam (4-membered cyclic amide) rings is 1. The van der Waals surface area contributed by atoms with Crippen molar-refractivity contribution < 1.29 is 29.5 Å². The molecule has 0 bridgehead atoms. The number of carbonyl (C=O) groups is 4. The lowest BCUT2D eigenvalue weighted by atomic mass is 9.85. The van der Waals surface area contributed by atoms with Gasteiger partial charge in [-0.1, -0.05) is 5.16 Å². The maximum absolute atomic E-state index is 13.1. The summed E-state index contributed by atoms with van der Waals surface area (Å²) in [7, 11) is 0. The minimum atomic E-state index is -1.28. The molecule has 0 spiro atoms. The van der Waals surface area contributed by atoms with Gasteiger partial charge in [0.2, 0.25) is 17.4 Å². The molecule has 5 rings (SSSR count). The monoisotopic (exact) mass is 534 g/mol. The Morgan fingerprint density at radius 1 is 1.31 bits per heavy atom. The third-order valence-corrected chi connectivity index (χ3v) is 8.27. The van der Waals surface area contributed by atoms with Gasteiger partial charge in [-0.05, 0) is 43.0 Å². The van der Waals surface area contributed by atoms with Gasteiger partial charge in [-0.2, -0.15) is 9.36 Å². The molecule has 0 radical (unpaired) electrons. The molecule has 0 unspecified atom stereocenters. The molecule has 14 nitrogen and oxygen atoms in total. The van der Waals surface area contributed by atoms with E-state index < -0.39 is 34.9 Å². The molecule has 36 heavy (non-hydrogen) atoms. The second-order valence-electron chi connectivity index (χ2n) is 8.59. The predicted octanol–water partition coefficient (Wildman–Crippen LogP) is -1.54. The van der Waals surface area contributed by atoms with Crippen molar-refractivity contribution in [1.82, 2.24) is 30.2 Å².